The molecule has 146 valence electrons. The van der Waals surface area contributed by atoms with E-state index in [-0.39, 0.29) is 12.6 Å². The van der Waals surface area contributed by atoms with Crippen molar-refractivity contribution < 1.29 is 24.2 Å². The number of benzene rings is 1. The third-order valence-electron chi connectivity index (χ3n) is 3.58. The van der Waals surface area contributed by atoms with Gasteiger partial charge in [0.1, 0.15) is 11.4 Å². The largest absolute Gasteiger partial charge is 0.444 e. The van der Waals surface area contributed by atoms with Crippen molar-refractivity contribution in [3.8, 4) is 5.75 Å². The maximum Gasteiger partial charge on any atom is 0.414 e. The molecule has 0 saturated heterocycles. The van der Waals surface area contributed by atoms with Crippen molar-refractivity contribution in [2.24, 2.45) is 0 Å². The molecule has 26 heavy (non-hydrogen) atoms. The molecule has 7 nitrogen and oxygen atoms in total. The van der Waals surface area contributed by atoms with Crippen LogP contribution in [0, 0.1) is 0 Å². The van der Waals surface area contributed by atoms with Crippen molar-refractivity contribution in [3.05, 3.63) is 29.8 Å². The fourth-order valence-electron chi connectivity index (χ4n) is 2.37. The Morgan fingerprint density at radius 1 is 1.12 bits per heavy atom. The van der Waals surface area contributed by atoms with E-state index in [1.54, 1.807) is 43.3 Å². The first-order valence-corrected chi connectivity index (χ1v) is 8.68. The minimum atomic E-state index is -0.599. The predicted octanol–water partition coefficient (Wildman–Crippen LogP) is 3.43. The molecule has 1 unspecified atom stereocenters. The average molecular weight is 366 g/mol. The lowest BCUT2D eigenvalue weighted by Crippen LogP contribution is -2.39. The molecule has 1 rings (SSSR count). The average Bonchev–Trinajstić information content (AvgIpc) is 2.53. The molecule has 0 aromatic heterocycles. The molecule has 2 amide bonds. The van der Waals surface area contributed by atoms with E-state index < -0.39 is 17.8 Å². The number of hydrogen-bond acceptors (Lipinski definition) is 5. The maximum atomic E-state index is 12.5. The molecule has 1 N–H and O–H groups in total. The highest BCUT2D eigenvalue weighted by Gasteiger charge is 2.28. The molecule has 0 saturated carbocycles. The number of amides is 2. The van der Waals surface area contributed by atoms with Crippen molar-refractivity contribution in [2.75, 3.05) is 27.2 Å². The SMILES string of the molecule is CCN(C(=O)OC(C)(C)C)C(CCO)c1ccc(OC(=O)N(C)C)cc1. The Morgan fingerprint density at radius 2 is 1.69 bits per heavy atom. The van der Waals surface area contributed by atoms with Gasteiger partial charge in [0.25, 0.3) is 0 Å². The maximum absolute atomic E-state index is 12.5. The molecule has 0 bridgehead atoms. The first-order valence-electron chi connectivity index (χ1n) is 8.68. The minimum absolute atomic E-state index is 0.0681. The van der Waals surface area contributed by atoms with Gasteiger partial charge in [0.2, 0.25) is 0 Å². The highest BCUT2D eigenvalue weighted by atomic mass is 16.6. The fraction of sp³-hybridized carbons (Fsp3) is 0.579. The van der Waals surface area contributed by atoms with Gasteiger partial charge in [-0.25, -0.2) is 9.59 Å². The molecule has 0 spiro atoms. The Kier molecular flexibility index (Phi) is 7.89. The second kappa shape index (κ2) is 9.43. The summed E-state index contributed by atoms with van der Waals surface area (Å²) in [6.45, 7) is 7.68. The number of nitrogens with zero attached hydrogens (tertiary/aromatic N) is 2. The highest BCUT2D eigenvalue weighted by Crippen LogP contribution is 2.27. The summed E-state index contributed by atoms with van der Waals surface area (Å²) in [4.78, 5) is 27.0. The van der Waals surface area contributed by atoms with Gasteiger partial charge >= 0.3 is 12.2 Å². The third kappa shape index (κ3) is 6.55. The summed E-state index contributed by atoms with van der Waals surface area (Å²) in [6, 6.07) is 6.57. The van der Waals surface area contributed by atoms with Crippen LogP contribution in [0.4, 0.5) is 9.59 Å². The zero-order valence-corrected chi connectivity index (χ0v) is 16.5. The van der Waals surface area contributed by atoms with E-state index in [2.05, 4.69) is 0 Å². The first-order chi connectivity index (χ1) is 12.1. The number of aliphatic hydroxyl groups is 1. The molecule has 0 fully saturated rings. The zero-order chi connectivity index (χ0) is 19.9. The fourth-order valence-corrected chi connectivity index (χ4v) is 2.37. The van der Waals surface area contributed by atoms with Gasteiger partial charge in [0.05, 0.1) is 6.04 Å². The number of carbonyl (C=O) groups is 2. The number of rotatable bonds is 6. The van der Waals surface area contributed by atoms with E-state index in [4.69, 9.17) is 9.47 Å². The Labute approximate surface area is 155 Å². The van der Waals surface area contributed by atoms with E-state index in [0.29, 0.717) is 18.7 Å². The summed E-state index contributed by atoms with van der Waals surface area (Å²) in [5, 5.41) is 9.44. The summed E-state index contributed by atoms with van der Waals surface area (Å²) >= 11 is 0. The van der Waals surface area contributed by atoms with E-state index in [1.165, 1.54) is 4.90 Å². The van der Waals surface area contributed by atoms with Gasteiger partial charge in [-0.05, 0) is 51.8 Å². The van der Waals surface area contributed by atoms with Crippen molar-refractivity contribution in [1.82, 2.24) is 9.80 Å². The molecule has 0 aliphatic heterocycles. The second-order valence-corrected chi connectivity index (χ2v) is 7.13. The smallest absolute Gasteiger partial charge is 0.414 e. The van der Waals surface area contributed by atoms with Crippen LogP contribution in [0.5, 0.6) is 5.75 Å². The lowest BCUT2D eigenvalue weighted by Gasteiger charge is -2.33. The van der Waals surface area contributed by atoms with Crippen molar-refractivity contribution >= 4 is 12.2 Å². The Balaban J connectivity index is 3.00. The number of aliphatic hydroxyl groups excluding tert-OH is 1. The quantitative estimate of drug-likeness (QED) is 0.834. The molecule has 7 heteroatoms. The summed E-state index contributed by atoms with van der Waals surface area (Å²) < 4.78 is 10.7. The summed E-state index contributed by atoms with van der Waals surface area (Å²) in [5.74, 6) is 0.413. The van der Waals surface area contributed by atoms with Crippen LogP contribution in [0.3, 0.4) is 0 Å². The monoisotopic (exact) mass is 366 g/mol. The lowest BCUT2D eigenvalue weighted by molar-refractivity contribution is 0.0146. The number of carbonyl (C=O) groups excluding carboxylic acids is 2. The van der Waals surface area contributed by atoms with Gasteiger partial charge < -0.3 is 24.4 Å². The zero-order valence-electron chi connectivity index (χ0n) is 16.5. The topological polar surface area (TPSA) is 79.3 Å². The van der Waals surface area contributed by atoms with Crippen molar-refractivity contribution in [1.29, 1.82) is 0 Å². The van der Waals surface area contributed by atoms with Crippen LogP contribution in [0.15, 0.2) is 24.3 Å². The minimum Gasteiger partial charge on any atom is -0.444 e. The van der Waals surface area contributed by atoms with E-state index in [1.807, 2.05) is 27.7 Å². The van der Waals surface area contributed by atoms with Crippen molar-refractivity contribution in [2.45, 2.75) is 45.8 Å². The molecule has 0 aliphatic carbocycles. The molecule has 0 heterocycles. The van der Waals surface area contributed by atoms with Crippen LogP contribution in [0.2, 0.25) is 0 Å². The number of ether oxygens (including phenoxy) is 2. The highest BCUT2D eigenvalue weighted by molar-refractivity contribution is 5.70. The van der Waals surface area contributed by atoms with E-state index in [0.717, 1.165) is 5.56 Å². The van der Waals surface area contributed by atoms with Crippen molar-refractivity contribution in [3.63, 3.8) is 0 Å². The molecular formula is C19H30N2O5. The molecule has 1 atom stereocenters. The van der Waals surface area contributed by atoms with Gasteiger partial charge in [-0.2, -0.15) is 0 Å². The van der Waals surface area contributed by atoms with Gasteiger partial charge in [-0.3, -0.25) is 0 Å². The second-order valence-electron chi connectivity index (χ2n) is 7.13. The standard InChI is InChI=1S/C19H30N2O5/c1-7-21(18(24)26-19(2,3)4)16(12-13-22)14-8-10-15(11-9-14)25-17(23)20(5)6/h8-11,16,22H,7,12-13H2,1-6H3. The molecule has 1 aromatic rings. The molecule has 1 aromatic carbocycles. The van der Waals surface area contributed by atoms with Crippen LogP contribution in [0.1, 0.15) is 45.7 Å². The van der Waals surface area contributed by atoms with Crippen LogP contribution in [-0.2, 0) is 4.74 Å². The third-order valence-corrected chi connectivity index (χ3v) is 3.58. The Bertz CT molecular complexity index is 593. The molecule has 0 aliphatic rings. The van der Waals surface area contributed by atoms with Gasteiger partial charge in [0.15, 0.2) is 0 Å². The van der Waals surface area contributed by atoms with E-state index in [9.17, 15) is 14.7 Å². The van der Waals surface area contributed by atoms with Gasteiger partial charge in [-0.15, -0.1) is 0 Å². The predicted molar refractivity (Wildman–Crippen MR) is 99.2 cm³/mol. The van der Waals surface area contributed by atoms with Crippen LogP contribution in [0.25, 0.3) is 0 Å². The van der Waals surface area contributed by atoms with Crippen LogP contribution in [-0.4, -0.2) is 59.9 Å². The molecular weight excluding hydrogens is 336 g/mol. The summed E-state index contributed by atoms with van der Waals surface area (Å²) in [6.07, 6.45) is -0.514. The summed E-state index contributed by atoms with van der Waals surface area (Å²) in [5.41, 5.74) is 0.231. The molecule has 0 radical (unpaired) electrons. The van der Waals surface area contributed by atoms with Crippen LogP contribution >= 0.6 is 0 Å². The summed E-state index contributed by atoms with van der Waals surface area (Å²) in [7, 11) is 3.21. The number of hydrogen-bond donors (Lipinski definition) is 1. The first kappa shape index (κ1) is 21.8. The van der Waals surface area contributed by atoms with Gasteiger partial charge in [0, 0.05) is 27.2 Å². The Morgan fingerprint density at radius 3 is 2.12 bits per heavy atom. The van der Waals surface area contributed by atoms with Gasteiger partial charge in [-0.1, -0.05) is 12.1 Å². The van der Waals surface area contributed by atoms with E-state index >= 15 is 0 Å². The normalized spacial score (nSPS) is 12.3. The Hall–Kier alpha value is -2.28. The lowest BCUT2D eigenvalue weighted by atomic mass is 10.0. The van der Waals surface area contributed by atoms with Crippen LogP contribution < -0.4 is 4.74 Å².